The molecule has 0 saturated carbocycles. The molecule has 146 valence electrons. The molecule has 1 heterocycles. The van der Waals surface area contributed by atoms with Crippen LogP contribution in [0.25, 0.3) is 0 Å². The highest BCUT2D eigenvalue weighted by Gasteiger charge is 2.27. The number of hydrogen-bond acceptors (Lipinski definition) is 3. The molecule has 9 heteroatoms. The van der Waals surface area contributed by atoms with E-state index in [1.54, 1.807) is 11.9 Å². The van der Waals surface area contributed by atoms with Gasteiger partial charge in [0.15, 0.2) is 33.2 Å². The zero-order valence-electron chi connectivity index (χ0n) is 15.1. The van der Waals surface area contributed by atoms with Crippen molar-refractivity contribution in [2.24, 2.45) is 10.9 Å². The molecule has 26 heavy (non-hydrogen) atoms. The van der Waals surface area contributed by atoms with Crippen molar-refractivity contribution >= 4 is 15.8 Å². The van der Waals surface area contributed by atoms with E-state index in [0.717, 1.165) is 12.1 Å². The molecule has 1 aliphatic rings. The Labute approximate surface area is 152 Å². The van der Waals surface area contributed by atoms with Gasteiger partial charge in [-0.15, -0.1) is 0 Å². The lowest BCUT2D eigenvalue weighted by Gasteiger charge is -2.25. The lowest BCUT2D eigenvalue weighted by Crippen LogP contribution is -2.42. The standard InChI is InChI=1S/C17H24F3N3O2S/c1-11(2)22-17(21-8-12-4-5-26(24,25)10-12)23(3)9-13-6-14(18)16(20)15(19)7-13/h6-7,11-12H,4-5,8-10H2,1-3H3,(H,21,22). The topological polar surface area (TPSA) is 61.8 Å². The number of halogens is 3. The number of aliphatic imine (C=N–C) groups is 1. The Morgan fingerprint density at radius 2 is 1.92 bits per heavy atom. The van der Waals surface area contributed by atoms with Crippen LogP contribution in [0.2, 0.25) is 0 Å². The van der Waals surface area contributed by atoms with Gasteiger partial charge in [-0.05, 0) is 43.9 Å². The van der Waals surface area contributed by atoms with E-state index in [0.29, 0.717) is 18.9 Å². The molecule has 1 fully saturated rings. The smallest absolute Gasteiger partial charge is 0.194 e. The van der Waals surface area contributed by atoms with Crippen molar-refractivity contribution in [1.82, 2.24) is 10.2 Å². The van der Waals surface area contributed by atoms with Crippen LogP contribution >= 0.6 is 0 Å². The van der Waals surface area contributed by atoms with E-state index >= 15 is 0 Å². The third kappa shape index (κ3) is 5.62. The van der Waals surface area contributed by atoms with Crippen LogP contribution in [0.5, 0.6) is 0 Å². The normalized spacial score (nSPS) is 19.8. The first-order chi connectivity index (χ1) is 12.1. The number of nitrogens with one attached hydrogen (secondary N) is 1. The van der Waals surface area contributed by atoms with Crippen molar-refractivity contribution in [1.29, 1.82) is 0 Å². The molecule has 0 amide bonds. The molecule has 0 bridgehead atoms. The molecule has 1 saturated heterocycles. The van der Waals surface area contributed by atoms with Crippen molar-refractivity contribution in [2.75, 3.05) is 25.1 Å². The summed E-state index contributed by atoms with van der Waals surface area (Å²) >= 11 is 0. The average molecular weight is 391 g/mol. The third-order valence-electron chi connectivity index (χ3n) is 4.07. The molecule has 1 aromatic rings. The maximum absolute atomic E-state index is 13.4. The Kier molecular flexibility index (Phi) is 6.54. The van der Waals surface area contributed by atoms with Gasteiger partial charge in [0.1, 0.15) is 0 Å². The summed E-state index contributed by atoms with van der Waals surface area (Å²) in [5, 5.41) is 3.15. The molecule has 0 aromatic heterocycles. The first-order valence-electron chi connectivity index (χ1n) is 8.43. The largest absolute Gasteiger partial charge is 0.354 e. The van der Waals surface area contributed by atoms with E-state index in [9.17, 15) is 21.6 Å². The second-order valence-electron chi connectivity index (χ2n) is 6.96. The summed E-state index contributed by atoms with van der Waals surface area (Å²) in [6, 6.07) is 1.96. The van der Waals surface area contributed by atoms with Gasteiger partial charge < -0.3 is 10.2 Å². The highest BCUT2D eigenvalue weighted by atomic mass is 32.2. The number of rotatable bonds is 5. The van der Waals surface area contributed by atoms with E-state index in [1.165, 1.54) is 0 Å². The monoisotopic (exact) mass is 391 g/mol. The van der Waals surface area contributed by atoms with Crippen LogP contribution in [0.4, 0.5) is 13.2 Å². The van der Waals surface area contributed by atoms with E-state index in [1.807, 2.05) is 13.8 Å². The van der Waals surface area contributed by atoms with Gasteiger partial charge in [0, 0.05) is 26.2 Å². The van der Waals surface area contributed by atoms with Crippen LogP contribution in [-0.4, -0.2) is 50.4 Å². The van der Waals surface area contributed by atoms with Crippen molar-refractivity contribution in [3.63, 3.8) is 0 Å². The molecule has 5 nitrogen and oxygen atoms in total. The number of benzene rings is 1. The van der Waals surface area contributed by atoms with Crippen LogP contribution in [0.15, 0.2) is 17.1 Å². The third-order valence-corrected chi connectivity index (χ3v) is 5.91. The minimum atomic E-state index is -2.97. The van der Waals surface area contributed by atoms with Gasteiger partial charge in [-0.3, -0.25) is 4.99 Å². The molecule has 1 atom stereocenters. The van der Waals surface area contributed by atoms with Crippen molar-refractivity contribution < 1.29 is 21.6 Å². The highest BCUT2D eigenvalue weighted by molar-refractivity contribution is 7.91. The lowest BCUT2D eigenvalue weighted by molar-refractivity contribution is 0.431. The van der Waals surface area contributed by atoms with Crippen molar-refractivity contribution in [2.45, 2.75) is 32.9 Å². The minimum Gasteiger partial charge on any atom is -0.354 e. The van der Waals surface area contributed by atoms with Crippen molar-refractivity contribution in [3.8, 4) is 0 Å². The number of hydrogen-bond donors (Lipinski definition) is 1. The maximum atomic E-state index is 13.4. The first kappa shape index (κ1) is 20.5. The Morgan fingerprint density at radius 1 is 1.31 bits per heavy atom. The summed E-state index contributed by atoms with van der Waals surface area (Å²) in [6.07, 6.45) is 0.582. The fourth-order valence-electron chi connectivity index (χ4n) is 2.81. The molecule has 0 aliphatic carbocycles. The fourth-order valence-corrected chi connectivity index (χ4v) is 4.66. The fraction of sp³-hybridized carbons (Fsp3) is 0.588. The van der Waals surface area contributed by atoms with E-state index in [2.05, 4.69) is 10.3 Å². The number of sulfone groups is 1. The van der Waals surface area contributed by atoms with Gasteiger partial charge in [-0.1, -0.05) is 0 Å². The predicted octanol–water partition coefficient (Wildman–Crippen LogP) is 2.32. The summed E-state index contributed by atoms with van der Waals surface area (Å²) in [5.74, 6) is -3.19. The van der Waals surface area contributed by atoms with Gasteiger partial charge in [0.2, 0.25) is 0 Å². The van der Waals surface area contributed by atoms with Gasteiger partial charge in [-0.2, -0.15) is 0 Å². The van der Waals surface area contributed by atoms with E-state index < -0.39 is 27.3 Å². The molecule has 0 radical (unpaired) electrons. The SMILES string of the molecule is CC(C)NC(=NCC1CCS(=O)(=O)C1)N(C)Cc1cc(F)c(F)c(F)c1. The molecule has 2 rings (SSSR count). The minimum absolute atomic E-state index is 0.0296. The molecule has 0 spiro atoms. The number of nitrogens with zero attached hydrogens (tertiary/aromatic N) is 2. The zero-order valence-corrected chi connectivity index (χ0v) is 15.9. The zero-order chi connectivity index (χ0) is 19.5. The summed E-state index contributed by atoms with van der Waals surface area (Å²) < 4.78 is 63.0. The van der Waals surface area contributed by atoms with Gasteiger partial charge in [0.25, 0.3) is 0 Å². The van der Waals surface area contributed by atoms with Crippen LogP contribution in [-0.2, 0) is 16.4 Å². The van der Waals surface area contributed by atoms with Gasteiger partial charge in [0.05, 0.1) is 11.5 Å². The first-order valence-corrected chi connectivity index (χ1v) is 10.3. The average Bonchev–Trinajstić information content (AvgIpc) is 2.87. The Balaban J connectivity index is 2.11. The Bertz CT molecular complexity index is 758. The summed E-state index contributed by atoms with van der Waals surface area (Å²) in [4.78, 5) is 6.14. The van der Waals surface area contributed by atoms with E-state index in [-0.39, 0.29) is 35.6 Å². The molecule has 1 aliphatic heterocycles. The maximum Gasteiger partial charge on any atom is 0.194 e. The molecule has 1 unspecified atom stereocenters. The number of guanidine groups is 1. The van der Waals surface area contributed by atoms with Crippen molar-refractivity contribution in [3.05, 3.63) is 35.1 Å². The molecular weight excluding hydrogens is 367 g/mol. The highest BCUT2D eigenvalue weighted by Crippen LogP contribution is 2.19. The second-order valence-corrected chi connectivity index (χ2v) is 9.19. The molecule has 1 N–H and O–H groups in total. The summed E-state index contributed by atoms with van der Waals surface area (Å²) in [7, 11) is -1.28. The summed E-state index contributed by atoms with van der Waals surface area (Å²) in [5.41, 5.74) is 0.269. The second kappa shape index (κ2) is 8.28. The van der Waals surface area contributed by atoms with Crippen LogP contribution in [0.1, 0.15) is 25.8 Å². The van der Waals surface area contributed by atoms with Gasteiger partial charge in [-0.25, -0.2) is 21.6 Å². The molecule has 1 aromatic carbocycles. The predicted molar refractivity (Wildman–Crippen MR) is 95.1 cm³/mol. The van der Waals surface area contributed by atoms with Crippen LogP contribution in [0.3, 0.4) is 0 Å². The van der Waals surface area contributed by atoms with Gasteiger partial charge >= 0.3 is 0 Å². The van der Waals surface area contributed by atoms with E-state index in [4.69, 9.17) is 0 Å². The Morgan fingerprint density at radius 3 is 2.42 bits per heavy atom. The Hall–Kier alpha value is -1.77. The van der Waals surface area contributed by atoms with Crippen LogP contribution < -0.4 is 5.32 Å². The molecular formula is C17H24F3N3O2S. The summed E-state index contributed by atoms with van der Waals surface area (Å²) in [6.45, 7) is 4.31. The quantitative estimate of drug-likeness (QED) is 0.475. The lowest BCUT2D eigenvalue weighted by atomic mass is 10.1. The van der Waals surface area contributed by atoms with Crippen LogP contribution in [0, 0.1) is 23.4 Å².